The monoisotopic (exact) mass is 377 g/mol. The molecule has 27 heavy (non-hydrogen) atoms. The second-order valence-corrected chi connectivity index (χ2v) is 7.92. The minimum absolute atomic E-state index is 0.203. The van der Waals surface area contributed by atoms with Crippen LogP contribution in [0.5, 0.6) is 0 Å². The van der Waals surface area contributed by atoms with E-state index < -0.39 is 15.6 Å². The van der Waals surface area contributed by atoms with Crippen molar-refractivity contribution in [2.24, 2.45) is 4.36 Å². The predicted octanol–water partition coefficient (Wildman–Crippen LogP) is 2.47. The Morgan fingerprint density at radius 3 is 2.52 bits per heavy atom. The summed E-state index contributed by atoms with van der Waals surface area (Å²) in [5, 5.41) is 0. The molecule has 3 rings (SSSR count). The number of carbonyl (C=O) groups excluding carboxylic acids is 1. The van der Waals surface area contributed by atoms with Crippen LogP contribution in [0.4, 0.5) is 0 Å². The average molecular weight is 377 g/mol. The van der Waals surface area contributed by atoms with Gasteiger partial charge in [0.2, 0.25) is 5.56 Å². The van der Waals surface area contributed by atoms with Crippen LogP contribution < -0.4 is 5.56 Å². The highest BCUT2D eigenvalue weighted by Crippen LogP contribution is 2.13. The van der Waals surface area contributed by atoms with Crippen molar-refractivity contribution in [3.63, 3.8) is 0 Å². The summed E-state index contributed by atoms with van der Waals surface area (Å²) >= 11 is 0. The first-order chi connectivity index (χ1) is 12.9. The molecule has 0 radical (unpaired) electrons. The minimum atomic E-state index is -2.85. The Morgan fingerprint density at radius 2 is 1.81 bits per heavy atom. The quantitative estimate of drug-likeness (QED) is 0.695. The molecule has 2 heterocycles. The molecule has 6 nitrogen and oxygen atoms in total. The summed E-state index contributed by atoms with van der Waals surface area (Å²) < 4.78 is 16.6. The molecular weight excluding hydrogens is 362 g/mol. The van der Waals surface area contributed by atoms with E-state index in [0.717, 1.165) is 0 Å². The summed E-state index contributed by atoms with van der Waals surface area (Å²) in [6.45, 7) is 0. The van der Waals surface area contributed by atoms with Gasteiger partial charge in [-0.25, -0.2) is 4.21 Å². The molecular formula is C20H15N3O3S. The molecule has 0 saturated carbocycles. The van der Waals surface area contributed by atoms with E-state index in [1.165, 1.54) is 37.0 Å². The molecule has 1 atom stereocenters. The Labute approximate surface area is 156 Å². The third-order valence-electron chi connectivity index (χ3n) is 3.56. The number of aromatic amines is 1. The first-order valence-corrected chi connectivity index (χ1v) is 9.84. The molecule has 0 aliphatic heterocycles. The predicted molar refractivity (Wildman–Crippen MR) is 103 cm³/mol. The van der Waals surface area contributed by atoms with E-state index in [1.54, 1.807) is 36.4 Å². The van der Waals surface area contributed by atoms with E-state index >= 15 is 0 Å². The molecule has 7 heteroatoms. The lowest BCUT2D eigenvalue weighted by Gasteiger charge is -2.03. The van der Waals surface area contributed by atoms with Crippen molar-refractivity contribution in [1.29, 1.82) is 0 Å². The number of aromatic nitrogens is 2. The zero-order valence-corrected chi connectivity index (χ0v) is 15.2. The first kappa shape index (κ1) is 18.3. The highest BCUT2D eigenvalue weighted by molar-refractivity contribution is 7.93. The summed E-state index contributed by atoms with van der Waals surface area (Å²) in [6, 6.07) is 13.1. The van der Waals surface area contributed by atoms with E-state index in [2.05, 4.69) is 26.2 Å². The highest BCUT2D eigenvalue weighted by Gasteiger charge is 2.11. The molecule has 2 aromatic heterocycles. The normalized spacial score (nSPS) is 12.3. The molecule has 3 aromatic rings. The number of amides is 1. The van der Waals surface area contributed by atoms with Gasteiger partial charge in [-0.3, -0.25) is 14.6 Å². The minimum Gasteiger partial charge on any atom is -0.328 e. The zero-order valence-electron chi connectivity index (χ0n) is 14.4. The van der Waals surface area contributed by atoms with Crippen molar-refractivity contribution in [3.05, 3.63) is 94.2 Å². The molecule has 1 amide bonds. The maximum Gasteiger partial charge on any atom is 0.286 e. The lowest BCUT2D eigenvalue weighted by Crippen LogP contribution is -2.04. The molecule has 1 unspecified atom stereocenters. The largest absolute Gasteiger partial charge is 0.328 e. The van der Waals surface area contributed by atoms with Crippen molar-refractivity contribution in [2.45, 2.75) is 4.90 Å². The maximum absolute atomic E-state index is 12.7. The molecule has 0 aliphatic carbocycles. The number of benzene rings is 1. The maximum atomic E-state index is 12.7. The van der Waals surface area contributed by atoms with Gasteiger partial charge in [0.05, 0.1) is 15.3 Å². The fourth-order valence-electron chi connectivity index (χ4n) is 2.19. The van der Waals surface area contributed by atoms with E-state index in [4.69, 9.17) is 0 Å². The molecule has 1 N–H and O–H groups in total. The third-order valence-corrected chi connectivity index (χ3v) is 5.22. The smallest absolute Gasteiger partial charge is 0.286 e. The number of H-pyrrole nitrogens is 1. The molecule has 0 saturated heterocycles. The fraction of sp³-hybridized carbons (Fsp3) is 0.0500. The van der Waals surface area contributed by atoms with Crippen LogP contribution in [0, 0.1) is 11.8 Å². The van der Waals surface area contributed by atoms with Crippen LogP contribution in [0.3, 0.4) is 0 Å². The van der Waals surface area contributed by atoms with Crippen molar-refractivity contribution in [3.8, 4) is 11.8 Å². The molecule has 0 spiro atoms. The Morgan fingerprint density at radius 1 is 1.07 bits per heavy atom. The fourth-order valence-corrected chi connectivity index (χ4v) is 3.38. The number of hydrogen-bond acceptors (Lipinski definition) is 4. The molecule has 0 aliphatic rings. The van der Waals surface area contributed by atoms with Gasteiger partial charge in [0.25, 0.3) is 5.91 Å². The number of hydrogen-bond donors (Lipinski definition) is 1. The summed E-state index contributed by atoms with van der Waals surface area (Å²) in [4.78, 5) is 30.5. The van der Waals surface area contributed by atoms with E-state index in [1.807, 2.05) is 0 Å². The average Bonchev–Trinajstić information content (AvgIpc) is 2.68. The molecule has 0 fully saturated rings. The summed E-state index contributed by atoms with van der Waals surface area (Å²) in [5.74, 6) is 5.12. The highest BCUT2D eigenvalue weighted by atomic mass is 32.2. The van der Waals surface area contributed by atoms with E-state index in [0.29, 0.717) is 16.0 Å². The van der Waals surface area contributed by atoms with Gasteiger partial charge in [-0.15, -0.1) is 0 Å². The summed E-state index contributed by atoms with van der Waals surface area (Å²) in [7, 11) is -2.85. The Bertz CT molecular complexity index is 1210. The van der Waals surface area contributed by atoms with Crippen LogP contribution >= 0.6 is 0 Å². The van der Waals surface area contributed by atoms with E-state index in [-0.39, 0.29) is 11.1 Å². The van der Waals surface area contributed by atoms with Gasteiger partial charge in [0, 0.05) is 46.9 Å². The van der Waals surface area contributed by atoms with Crippen LogP contribution in [0.25, 0.3) is 0 Å². The van der Waals surface area contributed by atoms with Gasteiger partial charge in [0.15, 0.2) is 0 Å². The standard InChI is InChI=1S/C20H15N3O3S/c1-27(26,18-5-3-2-4-6-18)23-20(25)17-11-16(12-21-14-17)8-7-15-9-10-19(24)22-13-15/h2-6,9-14H,1H3,(H,22,24). The molecule has 1 aromatic carbocycles. The second-order valence-electron chi connectivity index (χ2n) is 5.67. The van der Waals surface area contributed by atoms with Gasteiger partial charge in [-0.1, -0.05) is 30.0 Å². The number of rotatable bonds is 2. The van der Waals surface area contributed by atoms with Crippen molar-refractivity contribution < 1.29 is 9.00 Å². The number of nitrogens with one attached hydrogen (secondary N) is 1. The van der Waals surface area contributed by atoms with Gasteiger partial charge in [0.1, 0.15) is 0 Å². The van der Waals surface area contributed by atoms with Gasteiger partial charge in [-0.2, -0.15) is 4.36 Å². The number of carbonyl (C=O) groups is 1. The van der Waals surface area contributed by atoms with Crippen LogP contribution in [-0.4, -0.2) is 26.3 Å². The van der Waals surface area contributed by atoms with E-state index in [9.17, 15) is 13.8 Å². The zero-order chi connectivity index (χ0) is 19.3. The van der Waals surface area contributed by atoms with Crippen molar-refractivity contribution in [1.82, 2.24) is 9.97 Å². The number of nitrogens with zero attached hydrogens (tertiary/aromatic N) is 2. The van der Waals surface area contributed by atoms with Crippen molar-refractivity contribution >= 4 is 15.6 Å². The third kappa shape index (κ3) is 4.77. The summed E-state index contributed by atoms with van der Waals surface area (Å²) in [6.07, 6.45) is 5.79. The van der Waals surface area contributed by atoms with Crippen LogP contribution in [0.1, 0.15) is 21.5 Å². The lowest BCUT2D eigenvalue weighted by molar-refractivity contribution is 0.100. The Balaban J connectivity index is 1.88. The first-order valence-electron chi connectivity index (χ1n) is 7.91. The molecule has 0 bridgehead atoms. The Hall–Kier alpha value is -3.50. The van der Waals surface area contributed by atoms with Gasteiger partial charge in [-0.05, 0) is 24.3 Å². The van der Waals surface area contributed by atoms with Gasteiger partial charge < -0.3 is 4.98 Å². The lowest BCUT2D eigenvalue weighted by atomic mass is 10.2. The Kier molecular flexibility index (Phi) is 5.29. The second kappa shape index (κ2) is 7.81. The number of pyridine rings is 2. The van der Waals surface area contributed by atoms with Gasteiger partial charge >= 0.3 is 0 Å². The van der Waals surface area contributed by atoms with Crippen LogP contribution in [0.2, 0.25) is 0 Å². The van der Waals surface area contributed by atoms with Crippen LogP contribution in [0.15, 0.2) is 81.2 Å². The topological polar surface area (TPSA) is 92.2 Å². The van der Waals surface area contributed by atoms with Crippen molar-refractivity contribution in [2.75, 3.05) is 6.26 Å². The SMILES string of the molecule is CS(=O)(=NC(=O)c1cncc(C#Cc2ccc(=O)[nH]c2)c1)c1ccccc1. The molecule has 134 valence electrons. The summed E-state index contributed by atoms with van der Waals surface area (Å²) in [5.41, 5.74) is 1.12. The van der Waals surface area contributed by atoms with Crippen LogP contribution in [-0.2, 0) is 9.73 Å².